The molecular weight excluding hydrogens is 1130 g/mol. The number of nitrogens with zero attached hydrogens (tertiary/aromatic N) is 1. The van der Waals surface area contributed by atoms with Crippen LogP contribution in [0.4, 0.5) is 0 Å². The van der Waals surface area contributed by atoms with Crippen molar-refractivity contribution in [3.63, 3.8) is 0 Å². The van der Waals surface area contributed by atoms with Crippen LogP contribution in [-0.4, -0.2) is 82.3 Å². The molecule has 0 fully saturated rings. The van der Waals surface area contributed by atoms with Crippen molar-refractivity contribution in [3.05, 3.63) is 122 Å². The Balaban J connectivity index is 4.13. The van der Waals surface area contributed by atoms with Gasteiger partial charge in [0, 0.05) is 12.8 Å². The monoisotopic (exact) mass is 1270 g/mol. The van der Waals surface area contributed by atoms with E-state index in [1.165, 1.54) is 180 Å². The van der Waals surface area contributed by atoms with Crippen molar-refractivity contribution in [2.24, 2.45) is 0 Å². The molecule has 0 bridgehead atoms. The van der Waals surface area contributed by atoms with Crippen molar-refractivity contribution < 1.29 is 42.9 Å². The lowest BCUT2D eigenvalue weighted by Gasteiger charge is -2.26. The van der Waals surface area contributed by atoms with Gasteiger partial charge in [0.15, 0.2) is 12.4 Å². The number of hydrogen-bond donors (Lipinski definition) is 0. The molecule has 0 aliphatic rings. The first-order chi connectivity index (χ1) is 44.6. The molecule has 2 atom stereocenters. The number of carboxylic acid groups (broad SMARTS) is 1. The Morgan fingerprint density at radius 1 is 0.341 bits per heavy atom. The van der Waals surface area contributed by atoms with Gasteiger partial charge in [-0.05, 0) is 89.9 Å². The van der Waals surface area contributed by atoms with E-state index in [1.807, 2.05) is 21.1 Å². The third kappa shape index (κ3) is 73.0. The van der Waals surface area contributed by atoms with E-state index in [2.05, 4.69) is 135 Å². The normalized spacial score (nSPS) is 13.4. The smallest absolute Gasteiger partial charge is 0.306 e. The molecule has 522 valence electrons. The molecule has 0 saturated heterocycles. The minimum Gasteiger partial charge on any atom is -0.545 e. The lowest BCUT2D eigenvalue weighted by molar-refractivity contribution is -0.870. The lowest BCUT2D eigenvalue weighted by atomic mass is 10.0. The highest BCUT2D eigenvalue weighted by Crippen LogP contribution is 2.18. The van der Waals surface area contributed by atoms with Crippen LogP contribution in [0.2, 0.25) is 0 Å². The molecule has 0 aromatic rings. The Kier molecular flexibility index (Phi) is 68.1. The van der Waals surface area contributed by atoms with Crippen LogP contribution in [0.1, 0.15) is 322 Å². The van der Waals surface area contributed by atoms with Gasteiger partial charge in [-0.15, -0.1) is 0 Å². The van der Waals surface area contributed by atoms with Crippen molar-refractivity contribution in [1.29, 1.82) is 0 Å². The predicted octanol–water partition coefficient (Wildman–Crippen LogP) is 22.6. The summed E-state index contributed by atoms with van der Waals surface area (Å²) in [6.45, 7) is 4.66. The Morgan fingerprint density at radius 2 is 0.626 bits per heavy atom. The van der Waals surface area contributed by atoms with Gasteiger partial charge in [0.1, 0.15) is 13.2 Å². The van der Waals surface area contributed by atoms with Crippen molar-refractivity contribution in [1.82, 2.24) is 0 Å². The highest BCUT2D eigenvalue weighted by molar-refractivity contribution is 5.70. The molecule has 0 spiro atoms. The Morgan fingerprint density at radius 3 is 0.934 bits per heavy atom. The van der Waals surface area contributed by atoms with Gasteiger partial charge >= 0.3 is 11.9 Å². The zero-order valence-corrected chi connectivity index (χ0v) is 59.7. The van der Waals surface area contributed by atoms with Gasteiger partial charge in [0.05, 0.1) is 40.3 Å². The third-order valence-corrected chi connectivity index (χ3v) is 16.2. The molecule has 0 saturated carbocycles. The van der Waals surface area contributed by atoms with Crippen LogP contribution >= 0.6 is 0 Å². The lowest BCUT2D eigenvalue weighted by Crippen LogP contribution is -2.44. The van der Waals surface area contributed by atoms with E-state index in [-0.39, 0.29) is 38.6 Å². The van der Waals surface area contributed by atoms with Crippen LogP contribution in [0.25, 0.3) is 0 Å². The quantitative estimate of drug-likeness (QED) is 0.0195. The number of quaternary nitrogens is 1. The number of esters is 2. The van der Waals surface area contributed by atoms with Crippen molar-refractivity contribution in [2.75, 3.05) is 47.5 Å². The molecule has 0 aromatic carbocycles. The number of ether oxygens (including phenoxy) is 4. The summed E-state index contributed by atoms with van der Waals surface area (Å²) in [7, 11) is 5.93. The molecule has 0 N–H and O–H groups in total. The van der Waals surface area contributed by atoms with Crippen LogP contribution in [0, 0.1) is 0 Å². The molecule has 91 heavy (non-hydrogen) atoms. The van der Waals surface area contributed by atoms with Gasteiger partial charge in [-0.1, -0.05) is 341 Å². The highest BCUT2D eigenvalue weighted by atomic mass is 16.7. The second-order valence-electron chi connectivity index (χ2n) is 26.2. The Labute approximate surface area is 561 Å². The van der Waals surface area contributed by atoms with Crippen LogP contribution in [0.3, 0.4) is 0 Å². The van der Waals surface area contributed by atoms with Gasteiger partial charge in [-0.25, -0.2) is 0 Å². The molecule has 0 aliphatic heterocycles. The van der Waals surface area contributed by atoms with Crippen molar-refractivity contribution in [3.8, 4) is 0 Å². The predicted molar refractivity (Wildman–Crippen MR) is 389 cm³/mol. The molecule has 0 rings (SSSR count). The van der Waals surface area contributed by atoms with Gasteiger partial charge in [-0.2, -0.15) is 0 Å². The average molecular weight is 1270 g/mol. The number of carbonyl (C=O) groups excluding carboxylic acids is 3. The maximum Gasteiger partial charge on any atom is 0.306 e. The second kappa shape index (κ2) is 71.5. The van der Waals surface area contributed by atoms with E-state index in [9.17, 15) is 19.5 Å². The standard InChI is InChI=1S/C82H141NO8/c1-6-8-10-12-14-16-18-20-22-24-26-28-30-32-34-35-36-37-38-39-40-41-42-43-44-45-47-49-51-53-55-57-59-61-63-65-67-69-71-73-80(85)91-78(77-90-82(81(86)87)88-75-74-83(3,4)5)76-89-79(84)72-70-68-66-64-62-60-58-56-54-52-50-48-46-33-31-29-27-25-23-21-19-17-15-13-11-9-7-2/h8,10,14,16,20,22,26,28,32,34,36-37,39-40,42-43,45,47,51,53,78,82H,6-7,9,11-13,15,17-19,21,23-25,27,29-31,33,35,38,41,44,46,48-50,52,54-77H2,1-5H3/b10-8-,16-14-,22-20-,28-26-,34-32-,37-36-,40-39-,43-42-,47-45-,53-51-. The van der Waals surface area contributed by atoms with Crippen LogP contribution in [0.5, 0.6) is 0 Å². The average Bonchev–Trinajstić information content (AvgIpc) is 3.46. The summed E-state index contributed by atoms with van der Waals surface area (Å²) < 4.78 is 22.8. The van der Waals surface area contributed by atoms with E-state index in [1.54, 1.807) is 0 Å². The maximum absolute atomic E-state index is 13.0. The summed E-state index contributed by atoms with van der Waals surface area (Å²) in [5.41, 5.74) is 0. The van der Waals surface area contributed by atoms with E-state index in [0.717, 1.165) is 109 Å². The largest absolute Gasteiger partial charge is 0.545 e. The molecule has 0 radical (unpaired) electrons. The minimum absolute atomic E-state index is 0.142. The van der Waals surface area contributed by atoms with E-state index >= 15 is 0 Å². The number of hydrogen-bond acceptors (Lipinski definition) is 8. The fourth-order valence-electron chi connectivity index (χ4n) is 10.5. The Bertz CT molecular complexity index is 1910. The van der Waals surface area contributed by atoms with Crippen molar-refractivity contribution in [2.45, 2.75) is 334 Å². The molecule has 0 aromatic heterocycles. The number of carboxylic acids is 1. The SMILES string of the molecule is CC/C=C\C/C=C\C/C=C\C/C=C\C/C=C\C/C=C\C/C=C\C/C=C\C/C=C\C/C=C\CCCCCCCCCCC(=O)OC(COC(=O)CCCCCCCCCCCCCCCCCCCCCCCCCCCCC)COC(OCC[N+](C)(C)C)C(=O)[O-]. The number of rotatable bonds is 69. The van der Waals surface area contributed by atoms with E-state index < -0.39 is 24.3 Å². The van der Waals surface area contributed by atoms with Gasteiger partial charge in [0.2, 0.25) is 0 Å². The molecule has 0 amide bonds. The zero-order chi connectivity index (χ0) is 66.1. The summed E-state index contributed by atoms with van der Waals surface area (Å²) in [4.78, 5) is 37.5. The summed E-state index contributed by atoms with van der Waals surface area (Å²) in [6, 6.07) is 0. The van der Waals surface area contributed by atoms with Gasteiger partial charge in [0.25, 0.3) is 0 Å². The second-order valence-corrected chi connectivity index (χ2v) is 26.2. The number of allylic oxidation sites excluding steroid dienone is 20. The van der Waals surface area contributed by atoms with Gasteiger partial charge < -0.3 is 33.3 Å². The maximum atomic E-state index is 13.0. The molecule has 0 heterocycles. The van der Waals surface area contributed by atoms with Crippen molar-refractivity contribution >= 4 is 17.9 Å². The number of aliphatic carboxylic acids is 1. The van der Waals surface area contributed by atoms with Crippen LogP contribution in [-0.2, 0) is 33.3 Å². The zero-order valence-electron chi connectivity index (χ0n) is 59.7. The van der Waals surface area contributed by atoms with E-state index in [4.69, 9.17) is 18.9 Å². The van der Waals surface area contributed by atoms with Gasteiger partial charge in [-0.3, -0.25) is 9.59 Å². The summed E-state index contributed by atoms with van der Waals surface area (Å²) in [5, 5.41) is 11.8. The number of unbranched alkanes of at least 4 members (excludes halogenated alkanes) is 34. The summed E-state index contributed by atoms with van der Waals surface area (Å²) in [5.74, 6) is -2.29. The topological polar surface area (TPSA) is 111 Å². The first kappa shape index (κ1) is 86.7. The first-order valence-electron chi connectivity index (χ1n) is 37.7. The fourth-order valence-corrected chi connectivity index (χ4v) is 10.5. The molecule has 9 nitrogen and oxygen atoms in total. The number of likely N-dealkylation sites (N-methyl/N-ethyl adjacent to an activating group) is 1. The first-order valence-corrected chi connectivity index (χ1v) is 37.7. The Hall–Kier alpha value is -4.31. The molecular formula is C82H141NO8. The molecule has 9 heteroatoms. The van der Waals surface area contributed by atoms with Crippen LogP contribution in [0.15, 0.2) is 122 Å². The molecule has 0 aliphatic carbocycles. The summed E-state index contributed by atoms with van der Waals surface area (Å²) >= 11 is 0. The van der Waals surface area contributed by atoms with Crippen LogP contribution < -0.4 is 5.11 Å². The fraction of sp³-hybridized carbons (Fsp3) is 0.720. The highest BCUT2D eigenvalue weighted by Gasteiger charge is 2.22. The third-order valence-electron chi connectivity index (χ3n) is 16.2. The number of carbonyl (C=O) groups is 3. The molecule has 2 unspecified atom stereocenters. The minimum atomic E-state index is -1.63. The van der Waals surface area contributed by atoms with E-state index in [0.29, 0.717) is 17.4 Å². The summed E-state index contributed by atoms with van der Waals surface area (Å²) in [6.07, 6.45) is 98.7.